The average Bonchev–Trinajstić information content (AvgIpc) is 1.62. The van der Waals surface area contributed by atoms with Crippen molar-refractivity contribution < 1.29 is 69.1 Å². The van der Waals surface area contributed by atoms with Gasteiger partial charge in [-0.1, -0.05) is 0 Å². The zero-order valence-electron chi connectivity index (χ0n) is 9.77. The summed E-state index contributed by atoms with van der Waals surface area (Å²) in [4.78, 5) is 0. The Bertz CT molecular complexity index is 136. The van der Waals surface area contributed by atoms with Crippen LogP contribution >= 0.6 is 0 Å². The van der Waals surface area contributed by atoms with Crippen LogP contribution in [0.1, 0.15) is 0 Å². The molecule has 0 radical (unpaired) electrons. The molecule has 0 amide bonds. The van der Waals surface area contributed by atoms with E-state index in [0.29, 0.717) is 0 Å². The summed E-state index contributed by atoms with van der Waals surface area (Å²) in [5.41, 5.74) is 0. The minimum absolute atomic E-state index is 0. The summed E-state index contributed by atoms with van der Waals surface area (Å²) >= 11 is 0. The van der Waals surface area contributed by atoms with E-state index in [9.17, 15) is 69.1 Å². The van der Waals surface area contributed by atoms with Crippen LogP contribution in [0.5, 0.6) is 0 Å². The molecule has 0 aromatic heterocycles. The molecule has 0 N–H and O–H groups in total. The van der Waals surface area contributed by atoms with Crippen LogP contribution in [0.3, 0.4) is 0 Å². The monoisotopic (exact) mass is 510 g/mol. The van der Waals surface area contributed by atoms with E-state index in [4.69, 9.17) is 0 Å². The smallest absolute Gasteiger partial charge is 0.418 e. The third kappa shape index (κ3) is 4130. The molecule has 0 aliphatic rings. The van der Waals surface area contributed by atoms with E-state index in [1.165, 1.54) is 0 Å². The molecule has 0 heterocycles. The molecule has 0 fully saturated rings. The SMILES string of the molecule is F[B-](F)(F)F.F[B-](F)(F)F.F[B-](F)(F)F.F[B-](F)(F)F.[Ba+2].[Mg+2]. The molecule has 22 heteroatoms. The maximum Gasteiger partial charge on any atom is 2.00 e. The summed E-state index contributed by atoms with van der Waals surface area (Å²) in [6.07, 6.45) is 0. The van der Waals surface area contributed by atoms with Crippen LogP contribution in [0, 0.1) is 0 Å². The quantitative estimate of drug-likeness (QED) is 0.335. The van der Waals surface area contributed by atoms with Crippen LogP contribution in [-0.4, -0.2) is 101 Å². The second-order valence-corrected chi connectivity index (χ2v) is 1.98. The van der Waals surface area contributed by atoms with E-state index in [2.05, 4.69) is 0 Å². The van der Waals surface area contributed by atoms with Gasteiger partial charge in [-0.25, -0.2) is 0 Å². The summed E-state index contributed by atoms with van der Waals surface area (Å²) in [5, 5.41) is 0. The summed E-state index contributed by atoms with van der Waals surface area (Å²) in [7, 11) is -24.0. The van der Waals surface area contributed by atoms with Gasteiger partial charge < -0.3 is 69.1 Å². The molecule has 0 aromatic rings. The van der Waals surface area contributed by atoms with Gasteiger partial charge in [0.2, 0.25) is 0 Å². The first-order valence-corrected chi connectivity index (χ1v) is 3.49. The third-order valence-electron chi connectivity index (χ3n) is 0. The Labute approximate surface area is 168 Å². The molecule has 0 saturated heterocycles. The molecule has 0 aromatic carbocycles. The molecule has 0 nitrogen and oxygen atoms in total. The molecular weight excluding hydrogens is 509 g/mol. The maximum atomic E-state index is 9.75. The van der Waals surface area contributed by atoms with E-state index in [1.54, 1.807) is 0 Å². The van der Waals surface area contributed by atoms with Gasteiger partial charge >= 0.3 is 101 Å². The fourth-order valence-electron chi connectivity index (χ4n) is 0. The third-order valence-corrected chi connectivity index (χ3v) is 0. The maximum absolute atomic E-state index is 9.75. The summed E-state index contributed by atoms with van der Waals surface area (Å²) in [5.74, 6) is 0. The van der Waals surface area contributed by atoms with Gasteiger partial charge in [0.1, 0.15) is 0 Å². The van der Waals surface area contributed by atoms with Crippen molar-refractivity contribution in [2.45, 2.75) is 0 Å². The number of rotatable bonds is 0. The van der Waals surface area contributed by atoms with Gasteiger partial charge in [0.25, 0.3) is 0 Å². The minimum Gasteiger partial charge on any atom is -0.418 e. The zero-order valence-corrected chi connectivity index (χ0v) is 15.6. The average molecular weight is 509 g/mol. The molecule has 0 aliphatic heterocycles. The van der Waals surface area contributed by atoms with E-state index < -0.39 is 29.0 Å². The molecule has 128 valence electrons. The Kier molecular flexibility index (Phi) is 28.2. The standard InChI is InChI=1S/4BF4.Ba.Mg/c4*2-1(3,4)5;;/q4*-1;2*+2. The van der Waals surface area contributed by atoms with Gasteiger partial charge in [0.15, 0.2) is 0 Å². The Morgan fingerprint density at radius 3 is 0.273 bits per heavy atom. The molecule has 0 rings (SSSR count). The Morgan fingerprint density at radius 1 is 0.273 bits per heavy atom. The molecule has 0 aliphatic carbocycles. The van der Waals surface area contributed by atoms with Gasteiger partial charge in [0.05, 0.1) is 0 Å². The molecular formula is B4BaF16Mg. The zero-order chi connectivity index (χ0) is 18.0. The van der Waals surface area contributed by atoms with Crippen molar-refractivity contribution in [3.05, 3.63) is 0 Å². The summed E-state index contributed by atoms with van der Waals surface area (Å²) < 4.78 is 156. The van der Waals surface area contributed by atoms with Crippen molar-refractivity contribution in [1.82, 2.24) is 0 Å². The topological polar surface area (TPSA) is 0 Å². The van der Waals surface area contributed by atoms with Crippen molar-refractivity contribution in [2.24, 2.45) is 0 Å². The Balaban J connectivity index is -0.0000000376. The minimum atomic E-state index is -6.00. The second kappa shape index (κ2) is 16.0. The van der Waals surface area contributed by atoms with Crippen LogP contribution in [-0.2, 0) is 0 Å². The summed E-state index contributed by atoms with van der Waals surface area (Å²) in [6.45, 7) is 0. The van der Waals surface area contributed by atoms with Crippen LogP contribution in [0.25, 0.3) is 0 Å². The first-order valence-electron chi connectivity index (χ1n) is 3.49. The fraction of sp³-hybridized carbons (Fsp3) is 0. The van der Waals surface area contributed by atoms with Crippen LogP contribution < -0.4 is 0 Å². The van der Waals surface area contributed by atoms with Crippen molar-refractivity contribution >= 4 is 101 Å². The first kappa shape index (κ1) is 38.8. The van der Waals surface area contributed by atoms with Crippen LogP contribution in [0.15, 0.2) is 0 Å². The van der Waals surface area contributed by atoms with Crippen molar-refractivity contribution in [1.29, 1.82) is 0 Å². The van der Waals surface area contributed by atoms with Gasteiger partial charge in [-0.2, -0.15) is 0 Å². The molecule has 0 atom stereocenters. The van der Waals surface area contributed by atoms with Gasteiger partial charge in [-0.3, -0.25) is 0 Å². The molecule has 22 heavy (non-hydrogen) atoms. The Hall–Kier alpha value is 1.48. The first-order chi connectivity index (χ1) is 8.00. The fourth-order valence-corrected chi connectivity index (χ4v) is 0. The van der Waals surface area contributed by atoms with E-state index in [1.807, 2.05) is 0 Å². The predicted molar refractivity (Wildman–Crippen MR) is 52.3 cm³/mol. The number of hydrogen-bond donors (Lipinski definition) is 0. The van der Waals surface area contributed by atoms with E-state index in [0.717, 1.165) is 0 Å². The predicted octanol–water partition coefficient (Wildman–Crippen LogP) is 4.44. The van der Waals surface area contributed by atoms with Gasteiger partial charge in [0, 0.05) is 0 Å². The number of halogens is 16. The second-order valence-electron chi connectivity index (χ2n) is 1.98. The molecule has 0 unspecified atom stereocenters. The van der Waals surface area contributed by atoms with Crippen molar-refractivity contribution in [3.63, 3.8) is 0 Å². The van der Waals surface area contributed by atoms with Crippen LogP contribution in [0.4, 0.5) is 69.1 Å². The summed E-state index contributed by atoms with van der Waals surface area (Å²) in [6, 6.07) is 0. The van der Waals surface area contributed by atoms with Crippen LogP contribution in [0.2, 0.25) is 0 Å². The Morgan fingerprint density at radius 2 is 0.273 bits per heavy atom. The van der Waals surface area contributed by atoms with Gasteiger partial charge in [-0.15, -0.1) is 0 Å². The van der Waals surface area contributed by atoms with E-state index >= 15 is 0 Å². The van der Waals surface area contributed by atoms with Crippen molar-refractivity contribution in [2.75, 3.05) is 0 Å². The molecule has 0 spiro atoms. The van der Waals surface area contributed by atoms with E-state index in [-0.39, 0.29) is 71.9 Å². The number of hydrogen-bond acceptors (Lipinski definition) is 0. The van der Waals surface area contributed by atoms with Gasteiger partial charge in [-0.05, 0) is 0 Å². The molecule has 0 saturated carbocycles. The van der Waals surface area contributed by atoms with Crippen molar-refractivity contribution in [3.8, 4) is 0 Å². The molecule has 0 bridgehead atoms. The normalized spacial score (nSPS) is 10.9. The largest absolute Gasteiger partial charge is 2.00 e.